The zero-order chi connectivity index (χ0) is 8.72. The van der Waals surface area contributed by atoms with Crippen molar-refractivity contribution in [3.63, 3.8) is 0 Å². The van der Waals surface area contributed by atoms with Gasteiger partial charge in [0.25, 0.3) is 0 Å². The summed E-state index contributed by atoms with van der Waals surface area (Å²) in [4.78, 5) is 10.5. The maximum atomic E-state index is 10.5. The minimum absolute atomic E-state index is 0.180. The first kappa shape index (κ1) is 7.34. The number of carbonyl (C=O) groups is 1. The quantitative estimate of drug-likeness (QED) is 0.700. The van der Waals surface area contributed by atoms with Crippen molar-refractivity contribution in [1.82, 2.24) is 9.78 Å². The Bertz CT molecular complexity index is 319. The van der Waals surface area contributed by atoms with Gasteiger partial charge in [0, 0.05) is 24.9 Å². The second-order valence-electron chi connectivity index (χ2n) is 3.17. The summed E-state index contributed by atoms with van der Waals surface area (Å²) in [7, 11) is 1.84. The Hall–Kier alpha value is -1.32. The molecule has 0 bridgehead atoms. The van der Waals surface area contributed by atoms with Crippen LogP contribution in [0.5, 0.6) is 0 Å². The van der Waals surface area contributed by atoms with Crippen LogP contribution >= 0.6 is 0 Å². The number of nitrogens with zero attached hydrogens (tertiary/aromatic N) is 2. The summed E-state index contributed by atoms with van der Waals surface area (Å²) in [6, 6.07) is 1.88. The second kappa shape index (κ2) is 2.33. The Kier molecular flexibility index (Phi) is 1.43. The fourth-order valence-electron chi connectivity index (χ4n) is 1.54. The van der Waals surface area contributed by atoms with E-state index in [1.807, 2.05) is 13.1 Å². The number of carboxylic acid groups (broad SMARTS) is 1. The van der Waals surface area contributed by atoms with Crippen molar-refractivity contribution in [2.24, 2.45) is 13.0 Å². The third-order valence-corrected chi connectivity index (χ3v) is 2.35. The van der Waals surface area contributed by atoms with Gasteiger partial charge in [-0.05, 0) is 12.5 Å². The van der Waals surface area contributed by atoms with Crippen molar-refractivity contribution in [2.75, 3.05) is 0 Å². The molecule has 1 aromatic heterocycles. The molecule has 4 nitrogen and oxygen atoms in total. The van der Waals surface area contributed by atoms with Crippen molar-refractivity contribution in [1.29, 1.82) is 0 Å². The van der Waals surface area contributed by atoms with E-state index in [9.17, 15) is 4.79 Å². The molecule has 0 aromatic carbocycles. The van der Waals surface area contributed by atoms with Crippen LogP contribution in [-0.2, 0) is 11.8 Å². The van der Waals surface area contributed by atoms with Crippen LogP contribution in [0, 0.1) is 5.92 Å². The summed E-state index contributed by atoms with van der Waals surface area (Å²) < 4.78 is 1.74. The highest BCUT2D eigenvalue weighted by Crippen LogP contribution is 2.47. The van der Waals surface area contributed by atoms with Crippen LogP contribution in [0.4, 0.5) is 0 Å². The maximum absolute atomic E-state index is 10.5. The van der Waals surface area contributed by atoms with Crippen LogP contribution < -0.4 is 0 Å². The summed E-state index contributed by atoms with van der Waals surface area (Å²) in [6.07, 6.45) is 2.46. The minimum Gasteiger partial charge on any atom is -0.481 e. The van der Waals surface area contributed by atoms with Crippen LogP contribution in [0.25, 0.3) is 0 Å². The van der Waals surface area contributed by atoms with Crippen LogP contribution in [-0.4, -0.2) is 20.9 Å². The number of hydrogen-bond donors (Lipinski definition) is 1. The molecule has 1 N–H and O–H groups in total. The molecule has 1 aliphatic rings. The number of aryl methyl sites for hydroxylation is 1. The predicted octanol–water partition coefficient (Wildman–Crippen LogP) is 0.608. The van der Waals surface area contributed by atoms with Gasteiger partial charge in [0.2, 0.25) is 0 Å². The third kappa shape index (κ3) is 0.995. The molecule has 0 radical (unpaired) electrons. The predicted molar refractivity (Wildman–Crippen MR) is 41.7 cm³/mol. The summed E-state index contributed by atoms with van der Waals surface area (Å²) in [5.41, 5.74) is 1.03. The lowest BCUT2D eigenvalue weighted by Gasteiger charge is -1.97. The van der Waals surface area contributed by atoms with Crippen LogP contribution in [0.3, 0.4) is 0 Å². The molecule has 1 saturated carbocycles. The third-order valence-electron chi connectivity index (χ3n) is 2.35. The summed E-state index contributed by atoms with van der Waals surface area (Å²) in [5.74, 6) is -0.684. The fraction of sp³-hybridized carbons (Fsp3) is 0.500. The molecule has 12 heavy (non-hydrogen) atoms. The molecule has 1 aliphatic carbocycles. The SMILES string of the molecule is Cn1nccc1C1CC1C(=O)O. The van der Waals surface area contributed by atoms with Gasteiger partial charge < -0.3 is 5.11 Å². The van der Waals surface area contributed by atoms with Gasteiger partial charge >= 0.3 is 5.97 Å². The van der Waals surface area contributed by atoms with Crippen molar-refractivity contribution in [3.05, 3.63) is 18.0 Å². The average molecular weight is 166 g/mol. The molecule has 0 spiro atoms. The average Bonchev–Trinajstić information content (AvgIpc) is 2.70. The highest BCUT2D eigenvalue weighted by molar-refractivity contribution is 5.75. The number of rotatable bonds is 2. The van der Waals surface area contributed by atoms with Gasteiger partial charge in [0.05, 0.1) is 5.92 Å². The lowest BCUT2D eigenvalue weighted by atomic mass is 10.2. The summed E-state index contributed by atoms with van der Waals surface area (Å²) >= 11 is 0. The Morgan fingerprint density at radius 3 is 3.00 bits per heavy atom. The van der Waals surface area contributed by atoms with Gasteiger partial charge in [-0.25, -0.2) is 0 Å². The Labute approximate surface area is 69.8 Å². The molecular weight excluding hydrogens is 156 g/mol. The first-order valence-electron chi connectivity index (χ1n) is 3.91. The van der Waals surface area contributed by atoms with Crippen molar-refractivity contribution in [3.8, 4) is 0 Å². The fourth-order valence-corrected chi connectivity index (χ4v) is 1.54. The number of aliphatic carboxylic acids is 1. The van der Waals surface area contributed by atoms with E-state index >= 15 is 0 Å². The van der Waals surface area contributed by atoms with Gasteiger partial charge in [0.15, 0.2) is 0 Å². The van der Waals surface area contributed by atoms with Crippen molar-refractivity contribution in [2.45, 2.75) is 12.3 Å². The number of carboxylic acids is 1. The van der Waals surface area contributed by atoms with Crippen LogP contribution in [0.15, 0.2) is 12.3 Å². The van der Waals surface area contributed by atoms with E-state index in [-0.39, 0.29) is 11.8 Å². The van der Waals surface area contributed by atoms with Gasteiger partial charge in [-0.3, -0.25) is 9.48 Å². The van der Waals surface area contributed by atoms with E-state index in [1.165, 1.54) is 0 Å². The van der Waals surface area contributed by atoms with E-state index in [1.54, 1.807) is 10.9 Å². The number of aromatic nitrogens is 2. The van der Waals surface area contributed by atoms with Crippen molar-refractivity contribution < 1.29 is 9.90 Å². The lowest BCUT2D eigenvalue weighted by molar-refractivity contribution is -0.138. The first-order chi connectivity index (χ1) is 5.70. The molecule has 1 heterocycles. The second-order valence-corrected chi connectivity index (χ2v) is 3.17. The van der Waals surface area contributed by atoms with E-state index in [0.717, 1.165) is 12.1 Å². The molecule has 0 aliphatic heterocycles. The van der Waals surface area contributed by atoms with E-state index in [0.29, 0.717) is 0 Å². The lowest BCUT2D eigenvalue weighted by Crippen LogP contribution is -2.02. The van der Waals surface area contributed by atoms with Gasteiger partial charge in [-0.15, -0.1) is 0 Å². The smallest absolute Gasteiger partial charge is 0.307 e. The van der Waals surface area contributed by atoms with Gasteiger partial charge in [-0.1, -0.05) is 0 Å². The highest BCUT2D eigenvalue weighted by atomic mass is 16.4. The molecule has 1 fully saturated rings. The molecule has 0 saturated heterocycles. The van der Waals surface area contributed by atoms with E-state index in [2.05, 4.69) is 5.10 Å². The normalized spacial score (nSPS) is 27.1. The molecule has 2 atom stereocenters. The first-order valence-corrected chi connectivity index (χ1v) is 3.91. The topological polar surface area (TPSA) is 55.1 Å². The monoisotopic (exact) mass is 166 g/mol. The standard InChI is InChI=1S/C8H10N2O2/c1-10-7(2-3-9-10)5-4-6(5)8(11)12/h2-3,5-6H,4H2,1H3,(H,11,12). The van der Waals surface area contributed by atoms with Crippen LogP contribution in [0.2, 0.25) is 0 Å². The largest absolute Gasteiger partial charge is 0.481 e. The molecular formula is C8H10N2O2. The van der Waals surface area contributed by atoms with Crippen LogP contribution in [0.1, 0.15) is 18.0 Å². The molecule has 64 valence electrons. The summed E-state index contributed by atoms with van der Waals surface area (Å²) in [6.45, 7) is 0. The molecule has 2 unspecified atom stereocenters. The molecule has 1 aromatic rings. The maximum Gasteiger partial charge on any atom is 0.307 e. The van der Waals surface area contributed by atoms with Gasteiger partial charge in [-0.2, -0.15) is 5.10 Å². The van der Waals surface area contributed by atoms with Crippen molar-refractivity contribution >= 4 is 5.97 Å². The summed E-state index contributed by atoms with van der Waals surface area (Å²) in [5, 5.41) is 12.7. The van der Waals surface area contributed by atoms with Gasteiger partial charge in [0.1, 0.15) is 0 Å². The highest BCUT2D eigenvalue weighted by Gasteiger charge is 2.45. The minimum atomic E-state index is -0.693. The molecule has 2 rings (SSSR count). The van der Waals surface area contributed by atoms with E-state index < -0.39 is 5.97 Å². The molecule has 0 amide bonds. The Morgan fingerprint density at radius 1 is 1.83 bits per heavy atom. The zero-order valence-electron chi connectivity index (χ0n) is 6.77. The zero-order valence-corrected chi connectivity index (χ0v) is 6.77. The Balaban J connectivity index is 2.15. The Morgan fingerprint density at radius 2 is 2.58 bits per heavy atom. The van der Waals surface area contributed by atoms with E-state index in [4.69, 9.17) is 5.11 Å². The number of hydrogen-bond acceptors (Lipinski definition) is 2. The molecule has 4 heteroatoms.